The number of imidazole rings is 1. The average molecular weight is 224 g/mol. The Balaban J connectivity index is 2.66. The monoisotopic (exact) mass is 224 g/mol. The number of aromatic nitrogens is 2. The van der Waals surface area contributed by atoms with Crippen LogP contribution in [0.3, 0.4) is 0 Å². The summed E-state index contributed by atoms with van der Waals surface area (Å²) in [6.45, 7) is 3.94. The van der Waals surface area contributed by atoms with E-state index in [9.17, 15) is 4.79 Å². The van der Waals surface area contributed by atoms with Gasteiger partial charge in [0.25, 0.3) is 5.91 Å². The second-order valence-corrected chi connectivity index (χ2v) is 3.86. The van der Waals surface area contributed by atoms with Crippen LogP contribution in [0.15, 0.2) is 12.5 Å². The zero-order chi connectivity index (χ0) is 12.0. The molecule has 0 saturated carbocycles. The van der Waals surface area contributed by atoms with Crippen molar-refractivity contribution >= 4 is 5.91 Å². The third-order valence-corrected chi connectivity index (χ3v) is 2.39. The van der Waals surface area contributed by atoms with Crippen molar-refractivity contribution in [3.05, 3.63) is 18.2 Å². The molecule has 0 aliphatic heterocycles. The summed E-state index contributed by atoms with van der Waals surface area (Å²) in [5, 5.41) is 0. The zero-order valence-corrected chi connectivity index (χ0v) is 10.0. The molecule has 0 aliphatic rings. The van der Waals surface area contributed by atoms with Gasteiger partial charge in [-0.25, -0.2) is 4.98 Å². The zero-order valence-electron chi connectivity index (χ0n) is 10.0. The molecular weight excluding hydrogens is 204 g/mol. The molecule has 90 valence electrons. The van der Waals surface area contributed by atoms with Gasteiger partial charge < -0.3 is 15.2 Å². The SMILES string of the molecule is CCCCN(CCN)C(=O)c1cn(C)cn1. The average Bonchev–Trinajstić information content (AvgIpc) is 2.70. The van der Waals surface area contributed by atoms with E-state index in [0.717, 1.165) is 19.4 Å². The lowest BCUT2D eigenvalue weighted by atomic mass is 10.3. The van der Waals surface area contributed by atoms with Crippen molar-refractivity contribution in [2.24, 2.45) is 12.8 Å². The summed E-state index contributed by atoms with van der Waals surface area (Å²) in [5.74, 6) is -0.0282. The standard InChI is InChI=1S/C11H20N4O/c1-3-4-6-15(7-5-12)11(16)10-8-14(2)9-13-10/h8-9H,3-7,12H2,1-2H3. The number of carbonyl (C=O) groups is 1. The van der Waals surface area contributed by atoms with Gasteiger partial charge in [-0.3, -0.25) is 4.79 Å². The number of hydrogen-bond donors (Lipinski definition) is 1. The molecular formula is C11H20N4O. The minimum atomic E-state index is -0.0282. The molecule has 1 heterocycles. The summed E-state index contributed by atoms with van der Waals surface area (Å²) in [7, 11) is 1.85. The van der Waals surface area contributed by atoms with Crippen LogP contribution >= 0.6 is 0 Å². The fraction of sp³-hybridized carbons (Fsp3) is 0.636. The predicted molar refractivity (Wildman–Crippen MR) is 63.1 cm³/mol. The minimum Gasteiger partial charge on any atom is -0.340 e. The highest BCUT2D eigenvalue weighted by Gasteiger charge is 2.16. The van der Waals surface area contributed by atoms with E-state index >= 15 is 0 Å². The van der Waals surface area contributed by atoms with Crippen molar-refractivity contribution in [2.45, 2.75) is 19.8 Å². The van der Waals surface area contributed by atoms with Crippen molar-refractivity contribution in [3.8, 4) is 0 Å². The Hall–Kier alpha value is -1.36. The Morgan fingerprint density at radius 1 is 1.56 bits per heavy atom. The fourth-order valence-corrected chi connectivity index (χ4v) is 1.50. The second-order valence-electron chi connectivity index (χ2n) is 3.86. The van der Waals surface area contributed by atoms with E-state index in [2.05, 4.69) is 11.9 Å². The normalized spacial score (nSPS) is 10.4. The highest BCUT2D eigenvalue weighted by atomic mass is 16.2. The molecule has 0 fully saturated rings. The number of aryl methyl sites for hydroxylation is 1. The summed E-state index contributed by atoms with van der Waals surface area (Å²) >= 11 is 0. The van der Waals surface area contributed by atoms with Crippen LogP contribution in [0, 0.1) is 0 Å². The Labute approximate surface area is 96.3 Å². The van der Waals surface area contributed by atoms with E-state index in [1.165, 1.54) is 0 Å². The highest BCUT2D eigenvalue weighted by molar-refractivity contribution is 5.92. The third-order valence-electron chi connectivity index (χ3n) is 2.39. The number of nitrogens with zero attached hydrogens (tertiary/aromatic N) is 3. The summed E-state index contributed by atoms with van der Waals surface area (Å²) in [5.41, 5.74) is 6.00. The van der Waals surface area contributed by atoms with E-state index in [1.54, 1.807) is 22.0 Å². The van der Waals surface area contributed by atoms with Gasteiger partial charge in [-0.1, -0.05) is 13.3 Å². The van der Waals surface area contributed by atoms with Gasteiger partial charge in [0.15, 0.2) is 0 Å². The van der Waals surface area contributed by atoms with Gasteiger partial charge in [0, 0.05) is 32.9 Å². The predicted octanol–water partition coefficient (Wildman–Crippen LogP) is 0.621. The minimum absolute atomic E-state index is 0.0282. The first-order chi connectivity index (χ1) is 7.69. The number of nitrogens with two attached hydrogens (primary N) is 1. The van der Waals surface area contributed by atoms with Crippen molar-refractivity contribution in [3.63, 3.8) is 0 Å². The van der Waals surface area contributed by atoms with Crippen LogP contribution < -0.4 is 5.73 Å². The number of carbonyl (C=O) groups excluding carboxylic acids is 1. The first kappa shape index (κ1) is 12.7. The highest BCUT2D eigenvalue weighted by Crippen LogP contribution is 2.03. The molecule has 1 rings (SSSR count). The fourth-order valence-electron chi connectivity index (χ4n) is 1.50. The van der Waals surface area contributed by atoms with Gasteiger partial charge in [0.2, 0.25) is 0 Å². The maximum Gasteiger partial charge on any atom is 0.274 e. The van der Waals surface area contributed by atoms with Crippen LogP contribution in [-0.4, -0.2) is 40.0 Å². The lowest BCUT2D eigenvalue weighted by molar-refractivity contribution is 0.0752. The molecule has 0 aromatic carbocycles. The molecule has 1 aromatic heterocycles. The van der Waals surface area contributed by atoms with E-state index in [4.69, 9.17) is 5.73 Å². The summed E-state index contributed by atoms with van der Waals surface area (Å²) < 4.78 is 1.77. The van der Waals surface area contributed by atoms with Crippen LogP contribution in [0.25, 0.3) is 0 Å². The molecule has 0 unspecified atom stereocenters. The Bertz CT molecular complexity index is 334. The Morgan fingerprint density at radius 2 is 2.31 bits per heavy atom. The van der Waals surface area contributed by atoms with Gasteiger partial charge >= 0.3 is 0 Å². The van der Waals surface area contributed by atoms with Crippen LogP contribution in [0.2, 0.25) is 0 Å². The van der Waals surface area contributed by atoms with Crippen LogP contribution in [0.1, 0.15) is 30.3 Å². The first-order valence-electron chi connectivity index (χ1n) is 5.66. The maximum absolute atomic E-state index is 12.0. The molecule has 0 bridgehead atoms. The largest absolute Gasteiger partial charge is 0.340 e. The number of hydrogen-bond acceptors (Lipinski definition) is 3. The number of amides is 1. The molecule has 16 heavy (non-hydrogen) atoms. The Kier molecular flexibility index (Phi) is 4.98. The quantitative estimate of drug-likeness (QED) is 0.770. The van der Waals surface area contributed by atoms with Gasteiger partial charge in [-0.15, -0.1) is 0 Å². The summed E-state index contributed by atoms with van der Waals surface area (Å²) in [6.07, 6.45) is 5.43. The molecule has 0 aliphatic carbocycles. The van der Waals surface area contributed by atoms with E-state index in [1.807, 2.05) is 7.05 Å². The molecule has 5 heteroatoms. The van der Waals surface area contributed by atoms with Crippen molar-refractivity contribution in [1.29, 1.82) is 0 Å². The van der Waals surface area contributed by atoms with Gasteiger partial charge in [-0.05, 0) is 6.42 Å². The molecule has 0 saturated heterocycles. The van der Waals surface area contributed by atoms with Crippen molar-refractivity contribution in [1.82, 2.24) is 14.5 Å². The van der Waals surface area contributed by atoms with E-state index < -0.39 is 0 Å². The van der Waals surface area contributed by atoms with Gasteiger partial charge in [0.05, 0.1) is 6.33 Å². The van der Waals surface area contributed by atoms with Crippen molar-refractivity contribution < 1.29 is 4.79 Å². The second kappa shape index (κ2) is 6.27. The lowest BCUT2D eigenvalue weighted by Gasteiger charge is -2.20. The van der Waals surface area contributed by atoms with E-state index in [-0.39, 0.29) is 5.91 Å². The molecule has 1 aromatic rings. The molecule has 2 N–H and O–H groups in total. The number of rotatable bonds is 6. The topological polar surface area (TPSA) is 64.2 Å². The summed E-state index contributed by atoms with van der Waals surface area (Å²) in [6, 6.07) is 0. The lowest BCUT2D eigenvalue weighted by Crippen LogP contribution is -2.36. The number of unbranched alkanes of at least 4 members (excludes halogenated alkanes) is 1. The molecule has 0 spiro atoms. The van der Waals surface area contributed by atoms with Crippen LogP contribution in [-0.2, 0) is 7.05 Å². The molecule has 1 amide bonds. The first-order valence-corrected chi connectivity index (χ1v) is 5.66. The molecule has 5 nitrogen and oxygen atoms in total. The third kappa shape index (κ3) is 3.34. The van der Waals surface area contributed by atoms with Crippen LogP contribution in [0.4, 0.5) is 0 Å². The van der Waals surface area contributed by atoms with E-state index in [0.29, 0.717) is 18.8 Å². The van der Waals surface area contributed by atoms with Gasteiger partial charge in [-0.2, -0.15) is 0 Å². The molecule has 0 radical (unpaired) electrons. The smallest absolute Gasteiger partial charge is 0.274 e. The van der Waals surface area contributed by atoms with Crippen LogP contribution in [0.5, 0.6) is 0 Å². The Morgan fingerprint density at radius 3 is 2.81 bits per heavy atom. The maximum atomic E-state index is 12.0. The van der Waals surface area contributed by atoms with Gasteiger partial charge in [0.1, 0.15) is 5.69 Å². The molecule has 0 atom stereocenters. The summed E-state index contributed by atoms with van der Waals surface area (Å²) in [4.78, 5) is 17.9. The van der Waals surface area contributed by atoms with Crippen molar-refractivity contribution in [2.75, 3.05) is 19.6 Å².